The summed E-state index contributed by atoms with van der Waals surface area (Å²) in [5, 5.41) is 0. The van der Waals surface area contributed by atoms with E-state index in [4.69, 9.17) is 5.73 Å². The Morgan fingerprint density at radius 3 is 2.89 bits per heavy atom. The number of anilines is 2. The van der Waals surface area contributed by atoms with Gasteiger partial charge < -0.3 is 10.6 Å². The van der Waals surface area contributed by atoms with Gasteiger partial charge in [-0.1, -0.05) is 6.07 Å². The van der Waals surface area contributed by atoms with Crippen LogP contribution in [0.3, 0.4) is 0 Å². The Hall–Kier alpha value is -1.22. The first-order valence-electron chi connectivity index (χ1n) is 7.09. The van der Waals surface area contributed by atoms with Crippen LogP contribution in [0.2, 0.25) is 0 Å². The third-order valence-corrected chi connectivity index (χ3v) is 4.33. The molecule has 0 radical (unpaired) electrons. The van der Waals surface area contributed by atoms with Gasteiger partial charge in [-0.25, -0.2) is 0 Å². The molecule has 2 heterocycles. The zero-order valence-corrected chi connectivity index (χ0v) is 11.2. The lowest BCUT2D eigenvalue weighted by Crippen LogP contribution is -2.36. The number of hydrogen-bond donors (Lipinski definition) is 1. The molecule has 1 atom stereocenters. The Bertz CT molecular complexity index is 430. The van der Waals surface area contributed by atoms with Crippen molar-refractivity contribution in [2.45, 2.75) is 32.2 Å². The number of nitrogens with zero attached hydrogens (tertiary/aromatic N) is 2. The number of fused-ring (bicyclic) bond motifs is 1. The van der Waals surface area contributed by atoms with Crippen molar-refractivity contribution in [3.8, 4) is 0 Å². The lowest BCUT2D eigenvalue weighted by Gasteiger charge is -2.28. The van der Waals surface area contributed by atoms with Crippen molar-refractivity contribution in [3.63, 3.8) is 0 Å². The van der Waals surface area contributed by atoms with E-state index in [0.29, 0.717) is 0 Å². The van der Waals surface area contributed by atoms with Gasteiger partial charge in [-0.05, 0) is 50.4 Å². The van der Waals surface area contributed by atoms with Crippen LogP contribution in [0.25, 0.3) is 0 Å². The molecule has 0 saturated carbocycles. The maximum atomic E-state index is 6.15. The third-order valence-electron chi connectivity index (χ3n) is 4.33. The molecular weight excluding hydrogens is 222 g/mol. The largest absolute Gasteiger partial charge is 0.397 e. The maximum Gasteiger partial charge on any atom is 0.0603 e. The summed E-state index contributed by atoms with van der Waals surface area (Å²) < 4.78 is 0. The first kappa shape index (κ1) is 11.8. The first-order valence-corrected chi connectivity index (χ1v) is 7.09. The van der Waals surface area contributed by atoms with E-state index < -0.39 is 0 Å². The summed E-state index contributed by atoms with van der Waals surface area (Å²) in [5.41, 5.74) is 9.61. The first-order chi connectivity index (χ1) is 8.74. The second-order valence-corrected chi connectivity index (χ2v) is 5.69. The van der Waals surface area contributed by atoms with Gasteiger partial charge in [0.05, 0.1) is 11.4 Å². The van der Waals surface area contributed by atoms with E-state index in [1.54, 1.807) is 0 Å². The van der Waals surface area contributed by atoms with Crippen molar-refractivity contribution >= 4 is 11.4 Å². The quantitative estimate of drug-likeness (QED) is 0.770. The predicted molar refractivity (Wildman–Crippen MR) is 77.0 cm³/mol. The number of aryl methyl sites for hydroxylation is 1. The second kappa shape index (κ2) is 4.81. The van der Waals surface area contributed by atoms with Crippen LogP contribution in [0.5, 0.6) is 0 Å². The standard InChI is InChI=1S/C15H23N3/c1-12-5-6-14(16)15(10-12)18-9-3-8-17-7-2-4-13(17)11-18/h5-6,10,13H,2-4,7-9,11,16H2,1H3. The van der Waals surface area contributed by atoms with Gasteiger partial charge in [0.2, 0.25) is 0 Å². The molecule has 1 aromatic carbocycles. The summed E-state index contributed by atoms with van der Waals surface area (Å²) in [6, 6.07) is 7.12. The molecule has 98 valence electrons. The van der Waals surface area contributed by atoms with Crippen molar-refractivity contribution in [1.29, 1.82) is 0 Å². The summed E-state index contributed by atoms with van der Waals surface area (Å²) in [5.74, 6) is 0. The number of nitrogens with two attached hydrogens (primary N) is 1. The summed E-state index contributed by atoms with van der Waals surface area (Å²) in [6.07, 6.45) is 3.97. The average molecular weight is 245 g/mol. The summed E-state index contributed by atoms with van der Waals surface area (Å²) in [4.78, 5) is 5.16. The Morgan fingerprint density at radius 1 is 1.17 bits per heavy atom. The van der Waals surface area contributed by atoms with E-state index >= 15 is 0 Å². The third kappa shape index (κ3) is 2.19. The molecule has 0 spiro atoms. The van der Waals surface area contributed by atoms with E-state index in [9.17, 15) is 0 Å². The van der Waals surface area contributed by atoms with Crippen molar-refractivity contribution in [1.82, 2.24) is 4.90 Å². The molecule has 18 heavy (non-hydrogen) atoms. The molecule has 2 saturated heterocycles. The van der Waals surface area contributed by atoms with Crippen LogP contribution in [0.1, 0.15) is 24.8 Å². The molecule has 0 amide bonds. The zero-order valence-electron chi connectivity index (χ0n) is 11.2. The van der Waals surface area contributed by atoms with E-state index in [2.05, 4.69) is 28.9 Å². The monoisotopic (exact) mass is 245 g/mol. The van der Waals surface area contributed by atoms with Gasteiger partial charge in [-0.2, -0.15) is 0 Å². The van der Waals surface area contributed by atoms with Crippen molar-refractivity contribution in [3.05, 3.63) is 23.8 Å². The highest BCUT2D eigenvalue weighted by Gasteiger charge is 2.29. The van der Waals surface area contributed by atoms with Crippen LogP contribution in [0.4, 0.5) is 11.4 Å². The fourth-order valence-electron chi connectivity index (χ4n) is 3.35. The molecule has 2 aliphatic heterocycles. The Kier molecular flexibility index (Phi) is 3.16. The topological polar surface area (TPSA) is 32.5 Å². The predicted octanol–water partition coefficient (Wildman–Crippen LogP) is 2.25. The van der Waals surface area contributed by atoms with Gasteiger partial charge in [0.1, 0.15) is 0 Å². The van der Waals surface area contributed by atoms with Crippen LogP contribution in [-0.2, 0) is 0 Å². The Balaban J connectivity index is 1.84. The molecule has 0 bridgehead atoms. The molecule has 2 N–H and O–H groups in total. The van der Waals surface area contributed by atoms with Crippen LogP contribution < -0.4 is 10.6 Å². The molecule has 2 aliphatic rings. The van der Waals surface area contributed by atoms with E-state index in [1.165, 1.54) is 43.6 Å². The van der Waals surface area contributed by atoms with Gasteiger partial charge in [-0.3, -0.25) is 4.90 Å². The molecule has 3 rings (SSSR count). The molecule has 1 aromatic rings. The molecule has 2 fully saturated rings. The fraction of sp³-hybridized carbons (Fsp3) is 0.600. The molecule has 1 unspecified atom stereocenters. The van der Waals surface area contributed by atoms with Crippen LogP contribution in [0.15, 0.2) is 18.2 Å². The summed E-state index contributed by atoms with van der Waals surface area (Å²) >= 11 is 0. The fourth-order valence-corrected chi connectivity index (χ4v) is 3.35. The normalized spacial score (nSPS) is 24.9. The number of rotatable bonds is 1. The van der Waals surface area contributed by atoms with Gasteiger partial charge in [0.15, 0.2) is 0 Å². The van der Waals surface area contributed by atoms with Gasteiger partial charge in [0.25, 0.3) is 0 Å². The SMILES string of the molecule is Cc1ccc(N)c(N2CCCN3CCCC3C2)c1. The van der Waals surface area contributed by atoms with E-state index in [0.717, 1.165) is 24.8 Å². The summed E-state index contributed by atoms with van der Waals surface area (Å²) in [6.45, 7) is 6.98. The minimum absolute atomic E-state index is 0.743. The highest BCUT2D eigenvalue weighted by molar-refractivity contribution is 5.68. The average Bonchev–Trinajstić information content (AvgIpc) is 2.70. The Morgan fingerprint density at radius 2 is 2.00 bits per heavy atom. The molecular formula is C15H23N3. The molecule has 3 heteroatoms. The zero-order chi connectivity index (χ0) is 12.5. The maximum absolute atomic E-state index is 6.15. The van der Waals surface area contributed by atoms with Gasteiger partial charge >= 0.3 is 0 Å². The van der Waals surface area contributed by atoms with Crippen molar-refractivity contribution in [2.24, 2.45) is 0 Å². The number of hydrogen-bond acceptors (Lipinski definition) is 3. The van der Waals surface area contributed by atoms with Crippen LogP contribution >= 0.6 is 0 Å². The molecule has 0 aromatic heterocycles. The highest BCUT2D eigenvalue weighted by Crippen LogP contribution is 2.29. The van der Waals surface area contributed by atoms with E-state index in [-0.39, 0.29) is 0 Å². The number of nitrogen functional groups attached to an aromatic ring is 1. The summed E-state index contributed by atoms with van der Waals surface area (Å²) in [7, 11) is 0. The smallest absolute Gasteiger partial charge is 0.0603 e. The second-order valence-electron chi connectivity index (χ2n) is 5.69. The van der Waals surface area contributed by atoms with Crippen LogP contribution in [0, 0.1) is 6.92 Å². The van der Waals surface area contributed by atoms with Gasteiger partial charge in [0, 0.05) is 25.7 Å². The molecule has 3 nitrogen and oxygen atoms in total. The number of benzene rings is 1. The minimum atomic E-state index is 0.743. The van der Waals surface area contributed by atoms with Gasteiger partial charge in [-0.15, -0.1) is 0 Å². The lowest BCUT2D eigenvalue weighted by molar-refractivity contribution is 0.273. The highest BCUT2D eigenvalue weighted by atomic mass is 15.3. The lowest BCUT2D eigenvalue weighted by atomic mass is 10.1. The van der Waals surface area contributed by atoms with Crippen molar-refractivity contribution in [2.75, 3.05) is 36.8 Å². The van der Waals surface area contributed by atoms with E-state index in [1.807, 2.05) is 6.07 Å². The minimum Gasteiger partial charge on any atom is -0.397 e. The Labute approximate surface area is 110 Å². The van der Waals surface area contributed by atoms with Crippen LogP contribution in [-0.4, -0.2) is 37.1 Å². The molecule has 0 aliphatic carbocycles. The van der Waals surface area contributed by atoms with Crippen molar-refractivity contribution < 1.29 is 0 Å².